The van der Waals surface area contributed by atoms with Gasteiger partial charge in [0, 0.05) is 17.1 Å². The molecule has 2 atom stereocenters. The fourth-order valence-corrected chi connectivity index (χ4v) is 3.82. The van der Waals surface area contributed by atoms with Crippen molar-refractivity contribution in [3.05, 3.63) is 29.8 Å². The first-order valence-electron chi connectivity index (χ1n) is 6.24. The largest absolute Gasteiger partial charge is 0.398 e. The molecule has 1 aromatic rings. The zero-order valence-corrected chi connectivity index (χ0v) is 11.9. The number of para-hydroxylation sites is 1. The van der Waals surface area contributed by atoms with Gasteiger partial charge in [-0.2, -0.15) is 0 Å². The van der Waals surface area contributed by atoms with Crippen LogP contribution in [0.15, 0.2) is 24.3 Å². The van der Waals surface area contributed by atoms with Gasteiger partial charge in [0.25, 0.3) is 0 Å². The summed E-state index contributed by atoms with van der Waals surface area (Å²) >= 11 is 0. The second-order valence-corrected chi connectivity index (χ2v) is 7.46. The maximum atomic E-state index is 12.1. The van der Waals surface area contributed by atoms with Gasteiger partial charge in [-0.25, -0.2) is 13.1 Å². The molecule has 4 N–H and O–H groups in total. The molecule has 19 heavy (non-hydrogen) atoms. The van der Waals surface area contributed by atoms with Gasteiger partial charge in [0.1, 0.15) is 0 Å². The molecule has 0 aromatic heterocycles. The lowest BCUT2D eigenvalue weighted by atomic mass is 9.65. The zero-order valence-electron chi connectivity index (χ0n) is 11.1. The second kappa shape index (κ2) is 4.77. The van der Waals surface area contributed by atoms with Crippen molar-refractivity contribution in [1.82, 2.24) is 4.72 Å². The van der Waals surface area contributed by atoms with Gasteiger partial charge in [-0.1, -0.05) is 32.0 Å². The molecule has 106 valence electrons. The van der Waals surface area contributed by atoms with Gasteiger partial charge >= 0.3 is 0 Å². The third-order valence-electron chi connectivity index (χ3n) is 3.94. The number of hydrogen-bond acceptors (Lipinski definition) is 4. The van der Waals surface area contributed by atoms with Gasteiger partial charge < -0.3 is 10.8 Å². The van der Waals surface area contributed by atoms with Crippen LogP contribution in [0.4, 0.5) is 5.69 Å². The van der Waals surface area contributed by atoms with Crippen molar-refractivity contribution in [2.24, 2.45) is 5.41 Å². The molecule has 0 saturated heterocycles. The molecule has 5 nitrogen and oxygen atoms in total. The van der Waals surface area contributed by atoms with Crippen molar-refractivity contribution < 1.29 is 13.5 Å². The Labute approximate surface area is 113 Å². The Hall–Kier alpha value is -1.11. The highest BCUT2D eigenvalue weighted by atomic mass is 32.2. The van der Waals surface area contributed by atoms with Crippen molar-refractivity contribution in [2.75, 3.05) is 5.73 Å². The first-order valence-corrected chi connectivity index (χ1v) is 7.89. The third-order valence-corrected chi connectivity index (χ3v) is 5.27. The molecule has 1 aliphatic rings. The summed E-state index contributed by atoms with van der Waals surface area (Å²) in [5, 5.41) is 9.62. The van der Waals surface area contributed by atoms with Crippen LogP contribution in [-0.4, -0.2) is 25.7 Å². The Morgan fingerprint density at radius 2 is 2.05 bits per heavy atom. The van der Waals surface area contributed by atoms with Crippen LogP contribution in [0.1, 0.15) is 25.8 Å². The van der Waals surface area contributed by atoms with Crippen molar-refractivity contribution >= 4 is 15.7 Å². The molecular weight excluding hydrogens is 264 g/mol. The van der Waals surface area contributed by atoms with E-state index >= 15 is 0 Å². The zero-order chi connectivity index (χ0) is 14.3. The first-order chi connectivity index (χ1) is 8.72. The van der Waals surface area contributed by atoms with Gasteiger partial charge in [0.15, 0.2) is 0 Å². The normalized spacial score (nSPS) is 25.8. The van der Waals surface area contributed by atoms with Crippen molar-refractivity contribution in [3.8, 4) is 0 Å². The van der Waals surface area contributed by atoms with E-state index in [0.717, 1.165) is 0 Å². The van der Waals surface area contributed by atoms with Crippen LogP contribution >= 0.6 is 0 Å². The summed E-state index contributed by atoms with van der Waals surface area (Å²) in [5.74, 6) is -0.137. The fraction of sp³-hybridized carbons (Fsp3) is 0.538. The minimum absolute atomic E-state index is 0.137. The standard InChI is InChI=1S/C13H20N2O3S/c1-13(2)11(7-12(13)16)15-19(17,18)8-9-5-3-4-6-10(9)14/h3-6,11-12,15-16H,7-8,14H2,1-2H3. The molecule has 0 radical (unpaired) electrons. The molecule has 2 unspecified atom stereocenters. The van der Waals surface area contributed by atoms with E-state index in [4.69, 9.17) is 5.73 Å². The summed E-state index contributed by atoms with van der Waals surface area (Å²) in [6, 6.07) is 6.69. The maximum Gasteiger partial charge on any atom is 0.216 e. The van der Waals surface area contributed by atoms with Crippen LogP contribution < -0.4 is 10.5 Å². The summed E-state index contributed by atoms with van der Waals surface area (Å²) < 4.78 is 26.8. The Morgan fingerprint density at radius 3 is 2.58 bits per heavy atom. The van der Waals surface area contributed by atoms with E-state index < -0.39 is 21.5 Å². The quantitative estimate of drug-likeness (QED) is 0.715. The van der Waals surface area contributed by atoms with Crippen LogP contribution in [0.25, 0.3) is 0 Å². The highest BCUT2D eigenvalue weighted by molar-refractivity contribution is 7.88. The van der Waals surface area contributed by atoms with E-state index in [0.29, 0.717) is 17.7 Å². The van der Waals surface area contributed by atoms with Gasteiger partial charge in [-0.05, 0) is 18.1 Å². The monoisotopic (exact) mass is 284 g/mol. The topological polar surface area (TPSA) is 92.4 Å². The Bertz CT molecular complexity index is 569. The molecule has 1 aromatic carbocycles. The molecule has 0 aliphatic heterocycles. The fourth-order valence-electron chi connectivity index (χ4n) is 2.23. The highest BCUT2D eigenvalue weighted by Gasteiger charge is 2.48. The van der Waals surface area contributed by atoms with Crippen LogP contribution in [0, 0.1) is 5.41 Å². The number of aliphatic hydroxyl groups is 1. The Morgan fingerprint density at radius 1 is 1.42 bits per heavy atom. The molecule has 6 heteroatoms. The van der Waals surface area contributed by atoms with E-state index in [1.165, 1.54) is 0 Å². The number of anilines is 1. The summed E-state index contributed by atoms with van der Waals surface area (Å²) in [6.07, 6.45) is -0.00162. The van der Waals surface area contributed by atoms with E-state index in [-0.39, 0.29) is 11.8 Å². The van der Waals surface area contributed by atoms with Gasteiger partial charge in [0.05, 0.1) is 11.9 Å². The number of aliphatic hydroxyl groups excluding tert-OH is 1. The summed E-state index contributed by atoms with van der Waals surface area (Å²) in [5.41, 5.74) is 6.39. The number of nitrogens with one attached hydrogen (secondary N) is 1. The van der Waals surface area contributed by atoms with E-state index in [9.17, 15) is 13.5 Å². The first kappa shape index (κ1) is 14.3. The Balaban J connectivity index is 2.07. The summed E-state index contributed by atoms with van der Waals surface area (Å²) in [7, 11) is -3.45. The van der Waals surface area contributed by atoms with Crippen LogP contribution in [-0.2, 0) is 15.8 Å². The minimum atomic E-state index is -3.45. The maximum absolute atomic E-state index is 12.1. The van der Waals surface area contributed by atoms with E-state index in [1.807, 2.05) is 13.8 Å². The van der Waals surface area contributed by atoms with Crippen LogP contribution in [0.5, 0.6) is 0 Å². The van der Waals surface area contributed by atoms with Gasteiger partial charge in [0.2, 0.25) is 10.0 Å². The predicted octanol–water partition coefficient (Wildman–Crippen LogP) is 0.848. The van der Waals surface area contributed by atoms with E-state index in [2.05, 4.69) is 4.72 Å². The molecule has 1 aliphatic carbocycles. The molecule has 0 spiro atoms. The molecule has 1 fully saturated rings. The van der Waals surface area contributed by atoms with Gasteiger partial charge in [-0.3, -0.25) is 0 Å². The molecule has 0 amide bonds. The lowest BCUT2D eigenvalue weighted by Crippen LogP contribution is -2.61. The number of hydrogen-bond donors (Lipinski definition) is 3. The lowest BCUT2D eigenvalue weighted by Gasteiger charge is -2.49. The third kappa shape index (κ3) is 2.91. The van der Waals surface area contributed by atoms with Crippen LogP contribution in [0.3, 0.4) is 0 Å². The molecule has 2 rings (SSSR count). The summed E-state index contributed by atoms with van der Waals surface area (Å²) in [6.45, 7) is 3.70. The lowest BCUT2D eigenvalue weighted by molar-refractivity contribution is -0.0645. The van der Waals surface area contributed by atoms with Crippen molar-refractivity contribution in [1.29, 1.82) is 0 Å². The van der Waals surface area contributed by atoms with Crippen molar-refractivity contribution in [3.63, 3.8) is 0 Å². The van der Waals surface area contributed by atoms with Crippen LogP contribution in [0.2, 0.25) is 0 Å². The average Bonchev–Trinajstić information content (AvgIpc) is 2.31. The van der Waals surface area contributed by atoms with Gasteiger partial charge in [-0.15, -0.1) is 0 Å². The number of nitrogen functional groups attached to an aromatic ring is 1. The number of rotatable bonds is 4. The SMILES string of the molecule is CC1(C)C(O)CC1NS(=O)(=O)Cc1ccccc1N. The molecule has 0 bridgehead atoms. The number of benzene rings is 1. The second-order valence-electron chi connectivity index (χ2n) is 5.70. The number of nitrogens with two attached hydrogens (primary N) is 1. The average molecular weight is 284 g/mol. The molecule has 0 heterocycles. The number of sulfonamides is 1. The Kier molecular flexibility index (Phi) is 3.59. The predicted molar refractivity (Wildman–Crippen MR) is 74.8 cm³/mol. The molecular formula is C13H20N2O3S. The van der Waals surface area contributed by atoms with E-state index in [1.54, 1.807) is 24.3 Å². The van der Waals surface area contributed by atoms with Crippen molar-refractivity contribution in [2.45, 2.75) is 38.2 Å². The molecule has 1 saturated carbocycles. The summed E-state index contributed by atoms with van der Waals surface area (Å²) in [4.78, 5) is 0. The highest BCUT2D eigenvalue weighted by Crippen LogP contribution is 2.40. The minimum Gasteiger partial charge on any atom is -0.398 e. The smallest absolute Gasteiger partial charge is 0.216 e.